The van der Waals surface area contributed by atoms with E-state index in [4.69, 9.17) is 10.00 Å². The maximum atomic E-state index is 12.6. The van der Waals surface area contributed by atoms with Crippen molar-refractivity contribution < 1.29 is 4.74 Å². The van der Waals surface area contributed by atoms with Gasteiger partial charge in [0.2, 0.25) is 5.78 Å². The van der Waals surface area contributed by atoms with Crippen molar-refractivity contribution in [1.82, 2.24) is 19.2 Å². The quantitative estimate of drug-likeness (QED) is 0.462. The molecule has 0 spiro atoms. The Morgan fingerprint density at radius 2 is 1.66 bits per heavy atom. The van der Waals surface area contributed by atoms with Crippen LogP contribution in [0.5, 0.6) is 11.5 Å². The lowest BCUT2D eigenvalue weighted by molar-refractivity contribution is 0.482. The molecule has 2 heterocycles. The molecule has 32 heavy (non-hydrogen) atoms. The molecule has 0 atom stereocenters. The highest BCUT2D eigenvalue weighted by Gasteiger charge is 2.14. The number of nitrogens with one attached hydrogen (secondary N) is 1. The second-order valence-electron chi connectivity index (χ2n) is 7.25. The molecule has 0 aliphatic rings. The largest absolute Gasteiger partial charge is 0.457 e. The van der Waals surface area contributed by atoms with Crippen LogP contribution in [0.15, 0.2) is 77.6 Å². The van der Waals surface area contributed by atoms with E-state index in [2.05, 4.69) is 21.6 Å². The van der Waals surface area contributed by atoms with Crippen LogP contribution in [0.25, 0.3) is 16.7 Å². The van der Waals surface area contributed by atoms with Crippen LogP contribution >= 0.6 is 0 Å². The Morgan fingerprint density at radius 1 is 0.969 bits per heavy atom. The summed E-state index contributed by atoms with van der Waals surface area (Å²) in [5.74, 6) is 2.55. The van der Waals surface area contributed by atoms with Gasteiger partial charge < -0.3 is 10.1 Å². The number of nitriles is 1. The standard InChI is InChI=1S/C24H18N6O2/c1-29-23(31)20-4-2-3-5-21(20)30-22(27-28-24(29)30)15-26-17-8-12-19(13-9-17)32-18-10-6-16(14-25)7-11-18/h2-13,26H,15H2,1H3. The van der Waals surface area contributed by atoms with Crippen LogP contribution in [0.1, 0.15) is 11.4 Å². The number of nitrogens with zero attached hydrogens (tertiary/aromatic N) is 5. The van der Waals surface area contributed by atoms with Crippen molar-refractivity contribution in [2.45, 2.75) is 6.54 Å². The van der Waals surface area contributed by atoms with Gasteiger partial charge in [0, 0.05) is 12.7 Å². The van der Waals surface area contributed by atoms with Crippen LogP contribution < -0.4 is 15.6 Å². The van der Waals surface area contributed by atoms with E-state index in [1.165, 1.54) is 4.57 Å². The number of rotatable bonds is 5. The van der Waals surface area contributed by atoms with Gasteiger partial charge in [-0.15, -0.1) is 10.2 Å². The van der Waals surface area contributed by atoms with Crippen molar-refractivity contribution in [3.8, 4) is 17.6 Å². The summed E-state index contributed by atoms with van der Waals surface area (Å²) in [7, 11) is 1.70. The number of para-hydroxylation sites is 1. The van der Waals surface area contributed by atoms with E-state index < -0.39 is 0 Å². The maximum absolute atomic E-state index is 12.6. The molecule has 0 saturated carbocycles. The van der Waals surface area contributed by atoms with E-state index in [-0.39, 0.29) is 5.56 Å². The second kappa shape index (κ2) is 7.89. The molecular weight excluding hydrogens is 404 g/mol. The summed E-state index contributed by atoms with van der Waals surface area (Å²) < 4.78 is 9.22. The predicted octanol–water partition coefficient (Wildman–Crippen LogP) is 3.86. The Balaban J connectivity index is 1.36. The SMILES string of the molecule is Cn1c(=O)c2ccccc2n2c(CNc3ccc(Oc4ccc(C#N)cc4)cc3)nnc12. The van der Waals surface area contributed by atoms with Gasteiger partial charge in [-0.2, -0.15) is 5.26 Å². The number of hydrogen-bond donors (Lipinski definition) is 1. The summed E-state index contributed by atoms with van der Waals surface area (Å²) in [6.07, 6.45) is 0. The normalized spacial score (nSPS) is 10.9. The molecule has 5 rings (SSSR count). The van der Waals surface area contributed by atoms with Crippen LogP contribution in [0, 0.1) is 11.3 Å². The number of ether oxygens (including phenoxy) is 1. The molecule has 0 bridgehead atoms. The molecule has 156 valence electrons. The molecule has 8 nitrogen and oxygen atoms in total. The summed E-state index contributed by atoms with van der Waals surface area (Å²) in [5.41, 5.74) is 2.16. The van der Waals surface area contributed by atoms with Crippen molar-refractivity contribution in [1.29, 1.82) is 5.26 Å². The Kier molecular flexibility index (Phi) is 4.76. The topological polar surface area (TPSA) is 97.2 Å². The van der Waals surface area contributed by atoms with Crippen LogP contribution in [-0.4, -0.2) is 19.2 Å². The molecule has 0 unspecified atom stereocenters. The highest BCUT2D eigenvalue weighted by atomic mass is 16.5. The van der Waals surface area contributed by atoms with E-state index in [1.807, 2.05) is 46.9 Å². The van der Waals surface area contributed by atoms with E-state index in [0.29, 0.717) is 40.6 Å². The number of benzene rings is 3. The van der Waals surface area contributed by atoms with Gasteiger partial charge in [0.15, 0.2) is 5.82 Å². The monoisotopic (exact) mass is 422 g/mol. The number of aryl methyl sites for hydroxylation is 1. The summed E-state index contributed by atoms with van der Waals surface area (Å²) >= 11 is 0. The summed E-state index contributed by atoms with van der Waals surface area (Å²) in [6.45, 7) is 0.430. The molecule has 0 fully saturated rings. The number of anilines is 1. The molecule has 0 aliphatic carbocycles. The van der Waals surface area contributed by atoms with Gasteiger partial charge in [-0.25, -0.2) is 0 Å². The van der Waals surface area contributed by atoms with Crippen LogP contribution in [0.3, 0.4) is 0 Å². The zero-order valence-electron chi connectivity index (χ0n) is 17.2. The molecule has 8 heteroatoms. The lowest BCUT2D eigenvalue weighted by Gasteiger charge is -2.10. The Hall–Kier alpha value is -4.64. The zero-order valence-corrected chi connectivity index (χ0v) is 17.2. The van der Waals surface area contributed by atoms with Crippen molar-refractivity contribution in [3.05, 3.63) is 94.5 Å². The molecule has 3 aromatic carbocycles. The third-order valence-corrected chi connectivity index (χ3v) is 5.22. The number of fused-ring (bicyclic) bond motifs is 3. The fourth-order valence-electron chi connectivity index (χ4n) is 3.56. The van der Waals surface area contributed by atoms with Crippen LogP contribution in [0.4, 0.5) is 5.69 Å². The van der Waals surface area contributed by atoms with E-state index in [9.17, 15) is 4.79 Å². The minimum atomic E-state index is -0.0992. The van der Waals surface area contributed by atoms with Gasteiger partial charge in [-0.3, -0.25) is 13.8 Å². The van der Waals surface area contributed by atoms with Gasteiger partial charge in [-0.05, 0) is 60.7 Å². The summed E-state index contributed by atoms with van der Waals surface area (Å²) in [4.78, 5) is 12.6. The van der Waals surface area contributed by atoms with Gasteiger partial charge in [0.05, 0.1) is 29.1 Å². The summed E-state index contributed by atoms with van der Waals surface area (Å²) in [6, 6.07) is 24.0. The fraction of sp³-hybridized carbons (Fsp3) is 0.0833. The van der Waals surface area contributed by atoms with Crippen molar-refractivity contribution in [2.75, 3.05) is 5.32 Å². The molecule has 2 aromatic heterocycles. The van der Waals surface area contributed by atoms with Gasteiger partial charge >= 0.3 is 0 Å². The highest BCUT2D eigenvalue weighted by molar-refractivity contribution is 5.80. The Labute approximate surface area is 182 Å². The number of hydrogen-bond acceptors (Lipinski definition) is 6. The average Bonchev–Trinajstić information content (AvgIpc) is 3.27. The molecule has 0 amide bonds. The second-order valence-corrected chi connectivity index (χ2v) is 7.25. The highest BCUT2D eigenvalue weighted by Crippen LogP contribution is 2.23. The first-order valence-corrected chi connectivity index (χ1v) is 9.98. The Bertz CT molecular complexity index is 1530. The van der Waals surface area contributed by atoms with E-state index in [1.54, 1.807) is 37.4 Å². The molecule has 0 radical (unpaired) electrons. The van der Waals surface area contributed by atoms with Gasteiger partial charge in [0.25, 0.3) is 5.56 Å². The van der Waals surface area contributed by atoms with E-state index >= 15 is 0 Å². The Morgan fingerprint density at radius 3 is 2.38 bits per heavy atom. The van der Waals surface area contributed by atoms with Crippen molar-refractivity contribution >= 4 is 22.4 Å². The molecule has 1 N–H and O–H groups in total. The van der Waals surface area contributed by atoms with Gasteiger partial charge in [0.1, 0.15) is 11.5 Å². The van der Waals surface area contributed by atoms with Crippen molar-refractivity contribution in [2.24, 2.45) is 7.05 Å². The van der Waals surface area contributed by atoms with Crippen LogP contribution in [0.2, 0.25) is 0 Å². The lowest BCUT2D eigenvalue weighted by atomic mass is 10.2. The number of aromatic nitrogens is 4. The predicted molar refractivity (Wildman–Crippen MR) is 121 cm³/mol. The fourth-order valence-corrected chi connectivity index (χ4v) is 3.56. The minimum Gasteiger partial charge on any atom is -0.457 e. The van der Waals surface area contributed by atoms with Crippen molar-refractivity contribution in [3.63, 3.8) is 0 Å². The molecular formula is C24H18N6O2. The summed E-state index contributed by atoms with van der Waals surface area (Å²) in [5, 5.41) is 21.3. The minimum absolute atomic E-state index is 0.0992. The maximum Gasteiger partial charge on any atom is 0.262 e. The first-order valence-electron chi connectivity index (χ1n) is 9.98. The average molecular weight is 422 g/mol. The van der Waals surface area contributed by atoms with Gasteiger partial charge in [-0.1, -0.05) is 12.1 Å². The lowest BCUT2D eigenvalue weighted by Crippen LogP contribution is -2.20. The molecule has 0 saturated heterocycles. The first-order chi connectivity index (χ1) is 15.6. The third kappa shape index (κ3) is 3.42. The van der Waals surface area contributed by atoms with E-state index in [0.717, 1.165) is 11.2 Å². The zero-order chi connectivity index (χ0) is 22.1. The van der Waals surface area contributed by atoms with Crippen LogP contribution in [-0.2, 0) is 13.6 Å². The molecule has 0 aliphatic heterocycles. The smallest absolute Gasteiger partial charge is 0.262 e. The first kappa shape index (κ1) is 19.3. The third-order valence-electron chi connectivity index (χ3n) is 5.22. The molecule has 5 aromatic rings.